The highest BCUT2D eigenvalue weighted by atomic mass is 35.5. The van der Waals surface area contributed by atoms with Gasteiger partial charge in [-0.05, 0) is 30.5 Å². The summed E-state index contributed by atoms with van der Waals surface area (Å²) < 4.78 is 0. The lowest BCUT2D eigenvalue weighted by Gasteiger charge is -2.20. The number of halogens is 3. The second-order valence-corrected chi connectivity index (χ2v) is 5.49. The topological polar surface area (TPSA) is 55.1 Å². The minimum Gasteiger partial charge on any atom is -0.348 e. The van der Waals surface area contributed by atoms with Crippen molar-refractivity contribution in [2.45, 2.75) is 32.9 Å². The van der Waals surface area contributed by atoms with Crippen LogP contribution < -0.4 is 11.1 Å². The lowest BCUT2D eigenvalue weighted by molar-refractivity contribution is -0.123. The molecule has 3 nitrogen and oxygen atoms in total. The van der Waals surface area contributed by atoms with E-state index >= 15 is 0 Å². The molecule has 1 aromatic carbocycles. The Balaban J connectivity index is 0.00000324. The number of hydrogen-bond donors (Lipinski definition) is 2. The highest BCUT2D eigenvalue weighted by Gasteiger charge is 2.19. The van der Waals surface area contributed by atoms with Crippen LogP contribution in [0.3, 0.4) is 0 Å². The molecule has 108 valence electrons. The number of amides is 1. The molecule has 0 saturated carbocycles. The minimum atomic E-state index is -0.504. The van der Waals surface area contributed by atoms with Crippen LogP contribution in [-0.4, -0.2) is 11.9 Å². The fourth-order valence-corrected chi connectivity index (χ4v) is 1.78. The number of rotatable bonds is 4. The van der Waals surface area contributed by atoms with Crippen LogP contribution in [0.4, 0.5) is 0 Å². The van der Waals surface area contributed by atoms with Crippen molar-refractivity contribution in [1.82, 2.24) is 5.32 Å². The summed E-state index contributed by atoms with van der Waals surface area (Å²) in [4.78, 5) is 11.8. The first kappa shape index (κ1) is 18.5. The van der Waals surface area contributed by atoms with E-state index in [4.69, 9.17) is 28.9 Å². The van der Waals surface area contributed by atoms with E-state index in [1.165, 1.54) is 0 Å². The smallest absolute Gasteiger partial charge is 0.237 e. The molecule has 0 aromatic heterocycles. The van der Waals surface area contributed by atoms with Crippen LogP contribution in [0.25, 0.3) is 0 Å². The van der Waals surface area contributed by atoms with Gasteiger partial charge in [0.1, 0.15) is 0 Å². The molecule has 1 rings (SSSR count). The summed E-state index contributed by atoms with van der Waals surface area (Å²) in [5, 5.41) is 3.83. The first-order valence-corrected chi connectivity index (χ1v) is 6.59. The quantitative estimate of drug-likeness (QED) is 0.889. The SMILES string of the molecule is CC(NC(=O)C(N)C(C)C)c1ccc(Cl)c(Cl)c1.Cl. The van der Waals surface area contributed by atoms with Crippen LogP contribution in [0.5, 0.6) is 0 Å². The molecule has 2 atom stereocenters. The molecule has 0 aliphatic heterocycles. The van der Waals surface area contributed by atoms with E-state index in [9.17, 15) is 4.79 Å². The zero-order valence-electron chi connectivity index (χ0n) is 11.1. The summed E-state index contributed by atoms with van der Waals surface area (Å²) in [5.41, 5.74) is 6.68. The summed E-state index contributed by atoms with van der Waals surface area (Å²) in [6.45, 7) is 5.70. The third-order valence-electron chi connectivity index (χ3n) is 2.82. The maximum Gasteiger partial charge on any atom is 0.237 e. The zero-order chi connectivity index (χ0) is 13.9. The first-order chi connectivity index (χ1) is 8.32. The molecular weight excluding hydrogens is 307 g/mol. The summed E-state index contributed by atoms with van der Waals surface area (Å²) in [5.74, 6) is -0.0606. The van der Waals surface area contributed by atoms with Gasteiger partial charge in [-0.3, -0.25) is 4.79 Å². The summed E-state index contributed by atoms with van der Waals surface area (Å²) >= 11 is 11.8. The molecule has 1 amide bonds. The number of hydrogen-bond acceptors (Lipinski definition) is 2. The fraction of sp³-hybridized carbons (Fsp3) is 0.462. The van der Waals surface area contributed by atoms with Crippen molar-refractivity contribution in [3.63, 3.8) is 0 Å². The average molecular weight is 326 g/mol. The van der Waals surface area contributed by atoms with Crippen LogP contribution in [0.15, 0.2) is 18.2 Å². The highest BCUT2D eigenvalue weighted by molar-refractivity contribution is 6.42. The Morgan fingerprint density at radius 3 is 2.26 bits per heavy atom. The number of benzene rings is 1. The van der Waals surface area contributed by atoms with Gasteiger partial charge in [0, 0.05) is 0 Å². The fourth-order valence-electron chi connectivity index (χ4n) is 1.48. The molecule has 2 unspecified atom stereocenters. The van der Waals surface area contributed by atoms with Gasteiger partial charge in [0.05, 0.1) is 22.1 Å². The molecule has 3 N–H and O–H groups in total. The number of nitrogens with two attached hydrogens (primary N) is 1. The molecule has 19 heavy (non-hydrogen) atoms. The number of carbonyl (C=O) groups excluding carboxylic acids is 1. The lowest BCUT2D eigenvalue weighted by atomic mass is 10.0. The Bertz CT molecular complexity index is 438. The molecule has 0 aliphatic carbocycles. The molecule has 0 bridgehead atoms. The normalized spacial score (nSPS) is 13.6. The van der Waals surface area contributed by atoms with E-state index in [1.54, 1.807) is 12.1 Å². The van der Waals surface area contributed by atoms with Gasteiger partial charge in [0.2, 0.25) is 5.91 Å². The van der Waals surface area contributed by atoms with Crippen molar-refractivity contribution in [2.24, 2.45) is 11.7 Å². The summed E-state index contributed by atoms with van der Waals surface area (Å²) in [6, 6.07) is 4.63. The van der Waals surface area contributed by atoms with E-state index in [2.05, 4.69) is 5.32 Å². The Kier molecular flexibility index (Phi) is 7.75. The average Bonchev–Trinajstić information content (AvgIpc) is 2.31. The molecule has 0 radical (unpaired) electrons. The zero-order valence-corrected chi connectivity index (χ0v) is 13.4. The van der Waals surface area contributed by atoms with E-state index < -0.39 is 6.04 Å². The van der Waals surface area contributed by atoms with Crippen molar-refractivity contribution in [2.75, 3.05) is 0 Å². The van der Waals surface area contributed by atoms with Crippen molar-refractivity contribution in [3.05, 3.63) is 33.8 Å². The van der Waals surface area contributed by atoms with Gasteiger partial charge in [-0.1, -0.05) is 43.1 Å². The molecule has 6 heteroatoms. The third-order valence-corrected chi connectivity index (χ3v) is 3.56. The molecular formula is C13H19Cl3N2O. The van der Waals surface area contributed by atoms with Crippen LogP contribution in [-0.2, 0) is 4.79 Å². The molecule has 0 aliphatic rings. The number of carbonyl (C=O) groups is 1. The summed E-state index contributed by atoms with van der Waals surface area (Å²) in [6.07, 6.45) is 0. The monoisotopic (exact) mass is 324 g/mol. The summed E-state index contributed by atoms with van der Waals surface area (Å²) in [7, 11) is 0. The molecule has 0 saturated heterocycles. The van der Waals surface area contributed by atoms with Gasteiger partial charge in [-0.2, -0.15) is 0 Å². The van der Waals surface area contributed by atoms with E-state index in [0.717, 1.165) is 5.56 Å². The molecule has 0 heterocycles. The number of nitrogens with one attached hydrogen (secondary N) is 1. The van der Waals surface area contributed by atoms with E-state index in [1.807, 2.05) is 26.8 Å². The Morgan fingerprint density at radius 2 is 1.79 bits per heavy atom. The predicted molar refractivity (Wildman–Crippen MR) is 83.1 cm³/mol. The third kappa shape index (κ3) is 5.19. The van der Waals surface area contributed by atoms with Gasteiger partial charge < -0.3 is 11.1 Å². The molecule has 0 fully saturated rings. The van der Waals surface area contributed by atoms with Crippen molar-refractivity contribution < 1.29 is 4.79 Å². The minimum absolute atomic E-state index is 0. The lowest BCUT2D eigenvalue weighted by Crippen LogP contribution is -2.44. The van der Waals surface area contributed by atoms with Crippen molar-refractivity contribution >= 4 is 41.5 Å². The van der Waals surface area contributed by atoms with Gasteiger partial charge in [-0.25, -0.2) is 0 Å². The highest BCUT2D eigenvalue weighted by Crippen LogP contribution is 2.25. The Morgan fingerprint density at radius 1 is 1.21 bits per heavy atom. The first-order valence-electron chi connectivity index (χ1n) is 5.83. The Labute approximate surface area is 130 Å². The van der Waals surface area contributed by atoms with E-state index in [0.29, 0.717) is 10.0 Å². The van der Waals surface area contributed by atoms with Crippen molar-refractivity contribution in [1.29, 1.82) is 0 Å². The maximum atomic E-state index is 11.8. The standard InChI is InChI=1S/C13H18Cl2N2O.ClH/c1-7(2)12(16)13(18)17-8(3)9-4-5-10(14)11(15)6-9;/h4-8,12H,16H2,1-3H3,(H,17,18);1H. The largest absolute Gasteiger partial charge is 0.348 e. The van der Waals surface area contributed by atoms with Crippen molar-refractivity contribution in [3.8, 4) is 0 Å². The van der Waals surface area contributed by atoms with E-state index in [-0.39, 0.29) is 30.3 Å². The predicted octanol–water partition coefficient (Wildman–Crippen LogP) is 3.58. The van der Waals surface area contributed by atoms with Gasteiger partial charge >= 0.3 is 0 Å². The Hall–Kier alpha value is -0.480. The second-order valence-electron chi connectivity index (χ2n) is 4.67. The van der Waals surface area contributed by atoms with Crippen LogP contribution in [0, 0.1) is 5.92 Å². The van der Waals surface area contributed by atoms with Gasteiger partial charge in [0.25, 0.3) is 0 Å². The van der Waals surface area contributed by atoms with Crippen LogP contribution in [0.2, 0.25) is 10.0 Å². The van der Waals surface area contributed by atoms with Gasteiger partial charge in [0.15, 0.2) is 0 Å². The van der Waals surface area contributed by atoms with Crippen LogP contribution >= 0.6 is 35.6 Å². The van der Waals surface area contributed by atoms with Gasteiger partial charge in [-0.15, -0.1) is 12.4 Å². The maximum absolute atomic E-state index is 11.8. The molecule has 1 aromatic rings. The van der Waals surface area contributed by atoms with Crippen LogP contribution in [0.1, 0.15) is 32.4 Å². The second kappa shape index (κ2) is 7.95. The molecule has 0 spiro atoms.